The van der Waals surface area contributed by atoms with Crippen molar-refractivity contribution in [2.75, 3.05) is 12.4 Å². The standard InChI is InChI=1S/C13H22N2O/c1-4-5-6-7-11(2)15-12-8-9-13(16-3)14-10-12/h8-11,15H,4-7H2,1-3H3. The molecule has 0 amide bonds. The van der Waals surface area contributed by atoms with Gasteiger partial charge in [-0.2, -0.15) is 0 Å². The van der Waals surface area contributed by atoms with E-state index in [4.69, 9.17) is 4.74 Å². The second kappa shape index (κ2) is 7.09. The lowest BCUT2D eigenvalue weighted by atomic mass is 10.1. The number of hydrogen-bond acceptors (Lipinski definition) is 3. The van der Waals surface area contributed by atoms with Crippen LogP contribution in [0.5, 0.6) is 5.88 Å². The summed E-state index contributed by atoms with van der Waals surface area (Å²) >= 11 is 0. The normalized spacial score (nSPS) is 12.2. The third kappa shape index (κ3) is 4.51. The fourth-order valence-corrected chi connectivity index (χ4v) is 1.64. The zero-order valence-electron chi connectivity index (χ0n) is 10.5. The second-order valence-electron chi connectivity index (χ2n) is 4.13. The van der Waals surface area contributed by atoms with Crippen LogP contribution in [0.25, 0.3) is 0 Å². The maximum atomic E-state index is 5.01. The molecule has 1 unspecified atom stereocenters. The number of ether oxygens (including phenoxy) is 1. The van der Waals surface area contributed by atoms with Crippen molar-refractivity contribution < 1.29 is 4.74 Å². The molecular weight excluding hydrogens is 200 g/mol. The Hall–Kier alpha value is -1.25. The average molecular weight is 222 g/mol. The minimum atomic E-state index is 0.502. The molecule has 1 N–H and O–H groups in total. The van der Waals surface area contributed by atoms with E-state index in [1.54, 1.807) is 7.11 Å². The first kappa shape index (κ1) is 12.8. The van der Waals surface area contributed by atoms with Crippen LogP contribution in [0.1, 0.15) is 39.5 Å². The van der Waals surface area contributed by atoms with E-state index in [1.807, 2.05) is 18.3 Å². The van der Waals surface area contributed by atoms with Gasteiger partial charge in [0.2, 0.25) is 5.88 Å². The molecule has 1 aromatic heterocycles. The van der Waals surface area contributed by atoms with Crippen LogP contribution in [0, 0.1) is 0 Å². The van der Waals surface area contributed by atoms with Crippen LogP contribution in [-0.2, 0) is 0 Å². The topological polar surface area (TPSA) is 34.1 Å². The molecule has 0 radical (unpaired) electrons. The Morgan fingerprint density at radius 1 is 1.38 bits per heavy atom. The lowest BCUT2D eigenvalue weighted by molar-refractivity contribution is 0.398. The van der Waals surface area contributed by atoms with Gasteiger partial charge in [-0.3, -0.25) is 0 Å². The molecule has 0 spiro atoms. The number of pyridine rings is 1. The molecule has 16 heavy (non-hydrogen) atoms. The molecule has 3 nitrogen and oxygen atoms in total. The summed E-state index contributed by atoms with van der Waals surface area (Å²) in [5.74, 6) is 0.657. The lowest BCUT2D eigenvalue weighted by Crippen LogP contribution is -2.14. The summed E-state index contributed by atoms with van der Waals surface area (Å²) < 4.78 is 5.01. The van der Waals surface area contributed by atoms with Gasteiger partial charge in [-0.25, -0.2) is 4.98 Å². The first-order chi connectivity index (χ1) is 7.76. The monoisotopic (exact) mass is 222 g/mol. The van der Waals surface area contributed by atoms with Crippen molar-refractivity contribution in [2.45, 2.75) is 45.6 Å². The Morgan fingerprint density at radius 3 is 2.75 bits per heavy atom. The third-order valence-electron chi connectivity index (χ3n) is 2.60. The molecule has 1 aromatic rings. The Bertz CT molecular complexity index is 284. The van der Waals surface area contributed by atoms with Gasteiger partial charge in [-0.05, 0) is 19.4 Å². The summed E-state index contributed by atoms with van der Waals surface area (Å²) in [5, 5.41) is 3.43. The molecule has 1 heterocycles. The van der Waals surface area contributed by atoms with Gasteiger partial charge in [0.1, 0.15) is 0 Å². The van der Waals surface area contributed by atoms with Crippen LogP contribution < -0.4 is 10.1 Å². The Kier molecular flexibility index (Phi) is 5.68. The van der Waals surface area contributed by atoms with Crippen LogP contribution >= 0.6 is 0 Å². The Morgan fingerprint density at radius 2 is 2.19 bits per heavy atom. The highest BCUT2D eigenvalue weighted by Crippen LogP contribution is 2.14. The maximum Gasteiger partial charge on any atom is 0.213 e. The predicted octanol–water partition coefficient (Wildman–Crippen LogP) is 3.47. The number of rotatable bonds is 7. The number of nitrogens with one attached hydrogen (secondary N) is 1. The first-order valence-electron chi connectivity index (χ1n) is 6.02. The average Bonchev–Trinajstić information content (AvgIpc) is 2.30. The van der Waals surface area contributed by atoms with Crippen LogP contribution in [0.2, 0.25) is 0 Å². The minimum absolute atomic E-state index is 0.502. The maximum absolute atomic E-state index is 5.01. The molecule has 0 aliphatic heterocycles. The Labute approximate surface area is 98.2 Å². The van der Waals surface area contributed by atoms with Gasteiger partial charge in [0.05, 0.1) is 19.0 Å². The molecule has 0 aliphatic rings. The highest BCUT2D eigenvalue weighted by atomic mass is 16.5. The van der Waals surface area contributed by atoms with Crippen molar-refractivity contribution in [1.29, 1.82) is 0 Å². The molecule has 0 aliphatic carbocycles. The van der Waals surface area contributed by atoms with Crippen LogP contribution in [-0.4, -0.2) is 18.1 Å². The van der Waals surface area contributed by atoms with Gasteiger partial charge in [0.25, 0.3) is 0 Å². The number of anilines is 1. The molecule has 0 saturated heterocycles. The van der Waals surface area contributed by atoms with E-state index in [-0.39, 0.29) is 0 Å². The van der Waals surface area contributed by atoms with Crippen LogP contribution in [0.3, 0.4) is 0 Å². The number of aromatic nitrogens is 1. The van der Waals surface area contributed by atoms with E-state index < -0.39 is 0 Å². The summed E-state index contributed by atoms with van der Waals surface area (Å²) in [6.45, 7) is 4.44. The molecule has 0 fully saturated rings. The molecule has 3 heteroatoms. The van der Waals surface area contributed by atoms with Crippen LogP contribution in [0.4, 0.5) is 5.69 Å². The van der Waals surface area contributed by atoms with Crippen molar-refractivity contribution in [1.82, 2.24) is 4.98 Å². The number of nitrogens with zero attached hydrogens (tertiary/aromatic N) is 1. The quantitative estimate of drug-likeness (QED) is 0.717. The highest BCUT2D eigenvalue weighted by molar-refractivity contribution is 5.42. The SMILES string of the molecule is CCCCCC(C)Nc1ccc(OC)nc1. The van der Waals surface area contributed by atoms with Gasteiger partial charge in [-0.15, -0.1) is 0 Å². The van der Waals surface area contributed by atoms with E-state index in [0.717, 1.165) is 5.69 Å². The largest absolute Gasteiger partial charge is 0.481 e. The van der Waals surface area contributed by atoms with Gasteiger partial charge >= 0.3 is 0 Å². The molecule has 0 aromatic carbocycles. The molecular formula is C13H22N2O. The van der Waals surface area contributed by atoms with Crippen molar-refractivity contribution in [3.05, 3.63) is 18.3 Å². The first-order valence-corrected chi connectivity index (χ1v) is 6.02. The smallest absolute Gasteiger partial charge is 0.213 e. The zero-order chi connectivity index (χ0) is 11.8. The summed E-state index contributed by atoms with van der Waals surface area (Å²) in [4.78, 5) is 4.16. The highest BCUT2D eigenvalue weighted by Gasteiger charge is 2.02. The molecule has 90 valence electrons. The number of unbranched alkanes of at least 4 members (excludes halogenated alkanes) is 2. The fourth-order valence-electron chi connectivity index (χ4n) is 1.64. The van der Waals surface area contributed by atoms with Gasteiger partial charge in [-0.1, -0.05) is 26.2 Å². The van der Waals surface area contributed by atoms with E-state index in [0.29, 0.717) is 11.9 Å². The zero-order valence-corrected chi connectivity index (χ0v) is 10.5. The van der Waals surface area contributed by atoms with Gasteiger partial charge in [0, 0.05) is 12.1 Å². The van der Waals surface area contributed by atoms with E-state index in [1.165, 1.54) is 25.7 Å². The summed E-state index contributed by atoms with van der Waals surface area (Å²) in [6.07, 6.45) is 6.90. The van der Waals surface area contributed by atoms with Crippen LogP contribution in [0.15, 0.2) is 18.3 Å². The number of methoxy groups -OCH3 is 1. The lowest BCUT2D eigenvalue weighted by Gasteiger charge is -2.14. The predicted molar refractivity (Wildman–Crippen MR) is 68.0 cm³/mol. The van der Waals surface area contributed by atoms with Crippen molar-refractivity contribution in [3.8, 4) is 5.88 Å². The third-order valence-corrected chi connectivity index (χ3v) is 2.60. The summed E-state index contributed by atoms with van der Waals surface area (Å²) in [5.41, 5.74) is 1.06. The second-order valence-corrected chi connectivity index (χ2v) is 4.13. The summed E-state index contributed by atoms with van der Waals surface area (Å²) in [6, 6.07) is 4.38. The van der Waals surface area contributed by atoms with Crippen molar-refractivity contribution >= 4 is 5.69 Å². The van der Waals surface area contributed by atoms with Gasteiger partial charge < -0.3 is 10.1 Å². The molecule has 0 bridgehead atoms. The number of hydrogen-bond donors (Lipinski definition) is 1. The van der Waals surface area contributed by atoms with E-state index >= 15 is 0 Å². The van der Waals surface area contributed by atoms with E-state index in [2.05, 4.69) is 24.1 Å². The van der Waals surface area contributed by atoms with Gasteiger partial charge in [0.15, 0.2) is 0 Å². The summed E-state index contributed by atoms with van der Waals surface area (Å²) in [7, 11) is 1.63. The Balaban J connectivity index is 2.34. The van der Waals surface area contributed by atoms with E-state index in [9.17, 15) is 0 Å². The fraction of sp³-hybridized carbons (Fsp3) is 0.615. The van der Waals surface area contributed by atoms with Crippen molar-refractivity contribution in [2.24, 2.45) is 0 Å². The molecule has 1 rings (SSSR count). The molecule has 1 atom stereocenters. The van der Waals surface area contributed by atoms with Crippen molar-refractivity contribution in [3.63, 3.8) is 0 Å². The molecule has 0 saturated carbocycles. The minimum Gasteiger partial charge on any atom is -0.481 e.